The number of halogens is 4. The van der Waals surface area contributed by atoms with E-state index in [9.17, 15) is 18.0 Å². The highest BCUT2D eigenvalue weighted by Crippen LogP contribution is 2.28. The van der Waals surface area contributed by atoms with Gasteiger partial charge in [0.05, 0.1) is 17.4 Å². The van der Waals surface area contributed by atoms with Gasteiger partial charge in [-0.3, -0.25) is 4.79 Å². The third-order valence-electron chi connectivity index (χ3n) is 4.35. The first-order valence-electron chi connectivity index (χ1n) is 8.10. The number of alkyl halides is 3. The summed E-state index contributed by atoms with van der Waals surface area (Å²) >= 11 is 6.22. The van der Waals surface area contributed by atoms with Crippen molar-refractivity contribution in [3.05, 3.63) is 45.5 Å². The zero-order valence-corrected chi connectivity index (χ0v) is 14.8. The Labute approximate surface area is 152 Å². The topological polar surface area (TPSA) is 54.3 Å². The van der Waals surface area contributed by atoms with Gasteiger partial charge in [0, 0.05) is 32.4 Å². The summed E-state index contributed by atoms with van der Waals surface area (Å²) in [5.74, 6) is -0.0211. The van der Waals surface area contributed by atoms with E-state index in [1.54, 1.807) is 0 Å². The van der Waals surface area contributed by atoms with E-state index in [0.29, 0.717) is 11.9 Å². The third kappa shape index (κ3) is 3.68. The van der Waals surface area contributed by atoms with Gasteiger partial charge >= 0.3 is 6.18 Å². The molecule has 0 saturated carbocycles. The lowest BCUT2D eigenvalue weighted by atomic mass is 10.2. The molecule has 0 amide bonds. The predicted octanol–water partition coefficient (Wildman–Crippen LogP) is 2.44. The molecule has 2 aromatic rings. The molecule has 1 saturated heterocycles. The molecule has 3 rings (SSSR count). The molecular weight excluding hydrogens is 371 g/mol. The molecule has 0 bridgehead atoms. The fraction of sp³-hybridized carbons (Fsp3) is 0.438. The van der Waals surface area contributed by atoms with Crippen molar-refractivity contribution in [1.29, 1.82) is 0 Å². The fourth-order valence-corrected chi connectivity index (χ4v) is 3.04. The average Bonchev–Trinajstić information content (AvgIpc) is 2.63. The van der Waals surface area contributed by atoms with Gasteiger partial charge < -0.3 is 9.80 Å². The van der Waals surface area contributed by atoms with Crippen LogP contribution in [0.15, 0.2) is 29.3 Å². The van der Waals surface area contributed by atoms with Gasteiger partial charge in [0.2, 0.25) is 0 Å². The molecule has 0 atom stereocenters. The molecule has 0 N–H and O–H groups in total. The quantitative estimate of drug-likeness (QED) is 0.809. The normalized spacial score (nSPS) is 16.1. The molecule has 0 aromatic carbocycles. The second-order valence-corrected chi connectivity index (χ2v) is 6.26. The number of aromatic nitrogens is 3. The van der Waals surface area contributed by atoms with Crippen molar-refractivity contribution in [2.45, 2.75) is 13.1 Å². The Morgan fingerprint density at radius 2 is 1.85 bits per heavy atom. The zero-order valence-electron chi connectivity index (χ0n) is 14.0. The van der Waals surface area contributed by atoms with Crippen LogP contribution in [0.3, 0.4) is 0 Å². The van der Waals surface area contributed by atoms with Crippen LogP contribution < -0.4 is 10.5 Å². The summed E-state index contributed by atoms with van der Waals surface area (Å²) in [5.41, 5.74) is -0.990. The van der Waals surface area contributed by atoms with E-state index in [4.69, 9.17) is 11.6 Å². The lowest BCUT2D eigenvalue weighted by Crippen LogP contribution is -2.46. The minimum atomic E-state index is -4.49. The summed E-state index contributed by atoms with van der Waals surface area (Å²) in [6, 6.07) is 1.94. The first-order chi connectivity index (χ1) is 12.3. The van der Waals surface area contributed by atoms with Crippen molar-refractivity contribution in [2.75, 3.05) is 37.6 Å². The number of piperazine rings is 1. The van der Waals surface area contributed by atoms with E-state index >= 15 is 0 Å². The molecular formula is C16H17ClF3N5O. The molecule has 2 aromatic heterocycles. The van der Waals surface area contributed by atoms with Crippen LogP contribution in [-0.4, -0.2) is 52.4 Å². The van der Waals surface area contributed by atoms with Gasteiger partial charge in [0.25, 0.3) is 5.56 Å². The number of hydrogen-bond acceptors (Lipinski definition) is 5. The van der Waals surface area contributed by atoms with E-state index in [2.05, 4.69) is 21.9 Å². The van der Waals surface area contributed by atoms with Crippen molar-refractivity contribution in [3.63, 3.8) is 0 Å². The number of hydrogen-bond donors (Lipinski definition) is 0. The fourth-order valence-electron chi connectivity index (χ4n) is 2.79. The number of pyridine rings is 1. The Kier molecular flexibility index (Phi) is 5.19. The van der Waals surface area contributed by atoms with Crippen LogP contribution in [-0.2, 0) is 6.18 Å². The molecule has 0 spiro atoms. The lowest BCUT2D eigenvalue weighted by molar-refractivity contribution is -0.137. The van der Waals surface area contributed by atoms with Gasteiger partial charge in [0.15, 0.2) is 5.82 Å². The van der Waals surface area contributed by atoms with Crippen LogP contribution >= 0.6 is 11.6 Å². The average molecular weight is 388 g/mol. The van der Waals surface area contributed by atoms with Crippen LogP contribution in [0.4, 0.5) is 18.9 Å². The van der Waals surface area contributed by atoms with E-state index in [1.165, 1.54) is 6.20 Å². The van der Waals surface area contributed by atoms with Crippen LogP contribution in [0.25, 0.3) is 5.82 Å². The molecule has 3 heterocycles. The van der Waals surface area contributed by atoms with Crippen LogP contribution in [0.5, 0.6) is 0 Å². The highest BCUT2D eigenvalue weighted by molar-refractivity contribution is 6.33. The maximum absolute atomic E-state index is 12.6. The summed E-state index contributed by atoms with van der Waals surface area (Å²) < 4.78 is 38.8. The van der Waals surface area contributed by atoms with E-state index < -0.39 is 17.3 Å². The summed E-state index contributed by atoms with van der Waals surface area (Å²) in [6.45, 7) is 6.20. The van der Waals surface area contributed by atoms with Crippen molar-refractivity contribution in [2.24, 2.45) is 0 Å². The Balaban J connectivity index is 1.87. The summed E-state index contributed by atoms with van der Waals surface area (Å²) in [5, 5.41) is 4.01. The molecule has 6 nitrogen and oxygen atoms in total. The van der Waals surface area contributed by atoms with Gasteiger partial charge in [-0.05, 0) is 18.7 Å². The Hall–Kier alpha value is -2.13. The van der Waals surface area contributed by atoms with Crippen LogP contribution in [0, 0.1) is 0 Å². The second-order valence-electron chi connectivity index (χ2n) is 5.88. The largest absolute Gasteiger partial charge is 0.417 e. The maximum Gasteiger partial charge on any atom is 0.417 e. The first kappa shape index (κ1) is 18.7. The SMILES string of the molecule is CCN1CCN(c2cnn(-c3ccc(C(F)(F)F)cn3)c(=O)c2Cl)CC1. The molecule has 1 fully saturated rings. The monoisotopic (exact) mass is 387 g/mol. The van der Waals surface area contributed by atoms with Gasteiger partial charge in [-0.1, -0.05) is 18.5 Å². The molecule has 0 unspecified atom stereocenters. The lowest BCUT2D eigenvalue weighted by Gasteiger charge is -2.35. The van der Waals surface area contributed by atoms with Gasteiger partial charge in [-0.2, -0.15) is 23.0 Å². The smallest absolute Gasteiger partial charge is 0.366 e. The van der Waals surface area contributed by atoms with E-state index in [0.717, 1.165) is 49.5 Å². The molecule has 26 heavy (non-hydrogen) atoms. The summed E-state index contributed by atoms with van der Waals surface area (Å²) in [6.07, 6.45) is -2.38. The maximum atomic E-state index is 12.6. The molecule has 0 radical (unpaired) electrons. The third-order valence-corrected chi connectivity index (χ3v) is 4.71. The van der Waals surface area contributed by atoms with Crippen molar-refractivity contribution in [1.82, 2.24) is 19.7 Å². The number of nitrogens with zero attached hydrogens (tertiary/aromatic N) is 5. The van der Waals surface area contributed by atoms with E-state index in [-0.39, 0.29) is 10.8 Å². The van der Waals surface area contributed by atoms with Crippen molar-refractivity contribution >= 4 is 17.3 Å². The Morgan fingerprint density at radius 3 is 2.38 bits per heavy atom. The van der Waals surface area contributed by atoms with Gasteiger partial charge in [-0.15, -0.1) is 0 Å². The predicted molar refractivity (Wildman–Crippen MR) is 92.0 cm³/mol. The minimum absolute atomic E-state index is 0.0211. The summed E-state index contributed by atoms with van der Waals surface area (Å²) in [4.78, 5) is 20.4. The molecule has 1 aliphatic rings. The number of likely N-dealkylation sites (N-methyl/N-ethyl adjacent to an activating group) is 1. The minimum Gasteiger partial charge on any atom is -0.366 e. The molecule has 140 valence electrons. The highest BCUT2D eigenvalue weighted by Gasteiger charge is 2.31. The summed E-state index contributed by atoms with van der Waals surface area (Å²) in [7, 11) is 0. The highest BCUT2D eigenvalue weighted by atomic mass is 35.5. The van der Waals surface area contributed by atoms with Crippen molar-refractivity contribution in [3.8, 4) is 5.82 Å². The van der Waals surface area contributed by atoms with Crippen LogP contribution in [0.2, 0.25) is 5.02 Å². The number of rotatable bonds is 3. The first-order valence-corrected chi connectivity index (χ1v) is 8.48. The Bertz CT molecular complexity index is 829. The van der Waals surface area contributed by atoms with E-state index in [1.807, 2.05) is 4.90 Å². The Morgan fingerprint density at radius 1 is 1.15 bits per heavy atom. The molecule has 1 aliphatic heterocycles. The van der Waals surface area contributed by atoms with Crippen molar-refractivity contribution < 1.29 is 13.2 Å². The standard InChI is InChI=1S/C16H17ClF3N5O/c1-2-23-5-7-24(8-6-23)12-10-22-25(15(26)14(12)17)13-4-3-11(9-21-13)16(18,19)20/h3-4,9-10H,2,5-8H2,1H3. The zero-order chi connectivity index (χ0) is 18.9. The number of anilines is 1. The van der Waals surface area contributed by atoms with Crippen LogP contribution in [0.1, 0.15) is 12.5 Å². The van der Waals surface area contributed by atoms with Gasteiger partial charge in [0.1, 0.15) is 5.02 Å². The molecule has 0 aliphatic carbocycles. The molecule has 10 heteroatoms. The second kappa shape index (κ2) is 7.24. The van der Waals surface area contributed by atoms with Gasteiger partial charge in [-0.25, -0.2) is 4.98 Å².